The van der Waals surface area contributed by atoms with Crippen LogP contribution in [0.25, 0.3) is 0 Å². The van der Waals surface area contributed by atoms with E-state index in [0.29, 0.717) is 5.92 Å². The number of benzene rings is 1. The Kier molecular flexibility index (Phi) is 1.91. The number of fused-ring (bicyclic) bond motifs is 1. The van der Waals surface area contributed by atoms with Crippen LogP contribution in [-0.2, 0) is 0 Å². The van der Waals surface area contributed by atoms with Crippen molar-refractivity contribution in [2.75, 3.05) is 18.5 Å². The lowest BCUT2D eigenvalue weighted by Gasteiger charge is -2.11. The molecular weight excluding hydrogens is 180 g/mol. The molecule has 1 unspecified atom stereocenters. The summed E-state index contributed by atoms with van der Waals surface area (Å²) in [6, 6.07) is 5.29. The van der Waals surface area contributed by atoms with Crippen molar-refractivity contribution in [3.05, 3.63) is 33.9 Å². The van der Waals surface area contributed by atoms with Gasteiger partial charge in [0.25, 0.3) is 5.69 Å². The molecule has 1 aliphatic heterocycles. The third kappa shape index (κ3) is 1.14. The van der Waals surface area contributed by atoms with Crippen LogP contribution in [0.3, 0.4) is 0 Å². The number of anilines is 1. The first kappa shape index (κ1) is 8.99. The first-order valence-corrected chi connectivity index (χ1v) is 4.59. The van der Waals surface area contributed by atoms with Gasteiger partial charge in [0.2, 0.25) is 0 Å². The van der Waals surface area contributed by atoms with Crippen LogP contribution in [0.1, 0.15) is 18.4 Å². The van der Waals surface area contributed by atoms with Gasteiger partial charge >= 0.3 is 0 Å². The van der Waals surface area contributed by atoms with Crippen LogP contribution in [0, 0.1) is 10.1 Å². The molecule has 1 aliphatic rings. The summed E-state index contributed by atoms with van der Waals surface area (Å²) in [5.74, 6) is 0.384. The molecule has 0 N–H and O–H groups in total. The van der Waals surface area contributed by atoms with Crippen LogP contribution in [0.15, 0.2) is 18.2 Å². The molecule has 14 heavy (non-hydrogen) atoms. The Balaban J connectivity index is 2.62. The SMILES string of the molecule is CC1CN(C)c2c1cccc2[N+](=O)[O-]. The second-order valence-corrected chi connectivity index (χ2v) is 3.75. The van der Waals surface area contributed by atoms with Gasteiger partial charge in [-0.3, -0.25) is 10.1 Å². The number of hydrogen-bond acceptors (Lipinski definition) is 3. The Bertz CT molecular complexity index is 390. The zero-order chi connectivity index (χ0) is 10.3. The summed E-state index contributed by atoms with van der Waals surface area (Å²) in [6.07, 6.45) is 0. The number of hydrogen-bond donors (Lipinski definition) is 0. The van der Waals surface area contributed by atoms with Crippen molar-refractivity contribution in [3.63, 3.8) is 0 Å². The van der Waals surface area contributed by atoms with Crippen molar-refractivity contribution >= 4 is 11.4 Å². The number of rotatable bonds is 1. The molecule has 2 rings (SSSR count). The average molecular weight is 192 g/mol. The standard InChI is InChI=1S/C10H12N2O2/c1-7-6-11(2)10-8(7)4-3-5-9(10)12(13)14/h3-5,7H,6H2,1-2H3. The van der Waals surface area contributed by atoms with Gasteiger partial charge in [0, 0.05) is 25.6 Å². The molecule has 1 aromatic carbocycles. The molecule has 0 bridgehead atoms. The molecule has 74 valence electrons. The minimum Gasteiger partial charge on any atom is -0.368 e. The van der Waals surface area contributed by atoms with Crippen molar-refractivity contribution in [1.29, 1.82) is 0 Å². The lowest BCUT2D eigenvalue weighted by atomic mass is 10.0. The van der Waals surface area contributed by atoms with Crippen molar-refractivity contribution in [1.82, 2.24) is 0 Å². The van der Waals surface area contributed by atoms with Crippen LogP contribution in [0.2, 0.25) is 0 Å². The van der Waals surface area contributed by atoms with Crippen molar-refractivity contribution in [2.45, 2.75) is 12.8 Å². The van der Waals surface area contributed by atoms with Crippen LogP contribution in [0.4, 0.5) is 11.4 Å². The van der Waals surface area contributed by atoms with Gasteiger partial charge in [0.1, 0.15) is 5.69 Å². The lowest BCUT2D eigenvalue weighted by Crippen LogP contribution is -2.15. The fourth-order valence-electron chi connectivity index (χ4n) is 2.11. The first-order valence-electron chi connectivity index (χ1n) is 4.59. The molecular formula is C10H12N2O2. The van der Waals surface area contributed by atoms with Gasteiger partial charge in [-0.05, 0) is 5.56 Å². The maximum Gasteiger partial charge on any atom is 0.292 e. The smallest absolute Gasteiger partial charge is 0.292 e. The summed E-state index contributed by atoms with van der Waals surface area (Å²) in [7, 11) is 1.90. The van der Waals surface area contributed by atoms with E-state index in [0.717, 1.165) is 17.8 Å². The Morgan fingerprint density at radius 3 is 2.93 bits per heavy atom. The number of nitro groups is 1. The highest BCUT2D eigenvalue weighted by Gasteiger charge is 2.29. The third-order valence-electron chi connectivity index (χ3n) is 2.70. The average Bonchev–Trinajstić information content (AvgIpc) is 2.43. The van der Waals surface area contributed by atoms with Crippen LogP contribution in [0.5, 0.6) is 0 Å². The maximum absolute atomic E-state index is 10.8. The quantitative estimate of drug-likeness (QED) is 0.506. The van der Waals surface area contributed by atoms with Gasteiger partial charge < -0.3 is 4.90 Å². The summed E-state index contributed by atoms with van der Waals surface area (Å²) in [5, 5.41) is 10.8. The van der Waals surface area contributed by atoms with Crippen LogP contribution >= 0.6 is 0 Å². The number of likely N-dealkylation sites (N-methyl/N-ethyl adjacent to an activating group) is 1. The highest BCUT2D eigenvalue weighted by molar-refractivity contribution is 5.71. The summed E-state index contributed by atoms with van der Waals surface area (Å²) in [6.45, 7) is 2.95. The molecule has 0 aromatic heterocycles. The fraction of sp³-hybridized carbons (Fsp3) is 0.400. The zero-order valence-corrected chi connectivity index (χ0v) is 8.23. The molecule has 0 aliphatic carbocycles. The van der Waals surface area contributed by atoms with E-state index in [1.54, 1.807) is 12.1 Å². The number of nitro benzene ring substituents is 1. The van der Waals surface area contributed by atoms with E-state index in [9.17, 15) is 10.1 Å². The Labute approximate surface area is 82.3 Å². The number of para-hydroxylation sites is 1. The summed E-state index contributed by atoms with van der Waals surface area (Å²) in [4.78, 5) is 12.4. The minimum atomic E-state index is -0.312. The highest BCUT2D eigenvalue weighted by Crippen LogP contribution is 2.41. The van der Waals surface area contributed by atoms with Crippen molar-refractivity contribution in [2.24, 2.45) is 0 Å². The summed E-state index contributed by atoms with van der Waals surface area (Å²) in [5.41, 5.74) is 2.08. The van der Waals surface area contributed by atoms with Gasteiger partial charge in [0.15, 0.2) is 0 Å². The number of nitrogens with zero attached hydrogens (tertiary/aromatic N) is 2. The Morgan fingerprint density at radius 2 is 2.29 bits per heavy atom. The minimum absolute atomic E-state index is 0.217. The highest BCUT2D eigenvalue weighted by atomic mass is 16.6. The molecule has 1 aromatic rings. The van der Waals surface area contributed by atoms with E-state index < -0.39 is 0 Å². The van der Waals surface area contributed by atoms with Crippen molar-refractivity contribution < 1.29 is 4.92 Å². The molecule has 0 saturated carbocycles. The van der Waals surface area contributed by atoms with E-state index in [-0.39, 0.29) is 10.6 Å². The summed E-state index contributed by atoms with van der Waals surface area (Å²) >= 11 is 0. The van der Waals surface area contributed by atoms with E-state index in [1.807, 2.05) is 18.0 Å². The molecule has 4 heteroatoms. The monoisotopic (exact) mass is 192 g/mol. The summed E-state index contributed by atoms with van der Waals surface area (Å²) < 4.78 is 0. The molecule has 4 nitrogen and oxygen atoms in total. The fourth-order valence-corrected chi connectivity index (χ4v) is 2.11. The predicted molar refractivity (Wildman–Crippen MR) is 54.8 cm³/mol. The Hall–Kier alpha value is -1.58. The normalized spacial score (nSPS) is 19.6. The van der Waals surface area contributed by atoms with Gasteiger partial charge in [-0.15, -0.1) is 0 Å². The predicted octanol–water partition coefficient (Wildman–Crippen LogP) is 2.15. The third-order valence-corrected chi connectivity index (χ3v) is 2.70. The molecule has 1 atom stereocenters. The van der Waals surface area contributed by atoms with Crippen molar-refractivity contribution in [3.8, 4) is 0 Å². The molecule has 0 fully saturated rings. The zero-order valence-electron chi connectivity index (χ0n) is 8.23. The van der Waals surface area contributed by atoms with E-state index in [4.69, 9.17) is 0 Å². The molecule has 0 amide bonds. The largest absolute Gasteiger partial charge is 0.368 e. The van der Waals surface area contributed by atoms with E-state index >= 15 is 0 Å². The second-order valence-electron chi connectivity index (χ2n) is 3.75. The van der Waals surface area contributed by atoms with Gasteiger partial charge in [0.05, 0.1) is 4.92 Å². The first-order chi connectivity index (χ1) is 6.61. The Morgan fingerprint density at radius 1 is 1.57 bits per heavy atom. The van der Waals surface area contributed by atoms with Gasteiger partial charge in [-0.2, -0.15) is 0 Å². The van der Waals surface area contributed by atoms with Crippen LogP contribution in [-0.4, -0.2) is 18.5 Å². The van der Waals surface area contributed by atoms with Crippen LogP contribution < -0.4 is 4.90 Å². The lowest BCUT2D eigenvalue weighted by molar-refractivity contribution is -0.384. The van der Waals surface area contributed by atoms with E-state index in [1.165, 1.54) is 0 Å². The topological polar surface area (TPSA) is 46.4 Å². The molecule has 1 heterocycles. The molecule has 0 saturated heterocycles. The molecule has 0 spiro atoms. The van der Waals surface area contributed by atoms with E-state index in [2.05, 4.69) is 6.92 Å². The van der Waals surface area contributed by atoms with Gasteiger partial charge in [-0.25, -0.2) is 0 Å². The molecule has 0 radical (unpaired) electrons. The maximum atomic E-state index is 10.8. The second kappa shape index (κ2) is 2.97. The van der Waals surface area contributed by atoms with Gasteiger partial charge in [-0.1, -0.05) is 19.1 Å².